The number of amides is 2. The van der Waals surface area contributed by atoms with Gasteiger partial charge in [0.2, 0.25) is 5.91 Å². The van der Waals surface area contributed by atoms with Crippen molar-refractivity contribution in [1.29, 1.82) is 0 Å². The summed E-state index contributed by atoms with van der Waals surface area (Å²) < 4.78 is 5.55. The molecule has 138 valence electrons. The van der Waals surface area contributed by atoms with Gasteiger partial charge in [-0.15, -0.1) is 0 Å². The van der Waals surface area contributed by atoms with Crippen LogP contribution in [0.5, 0.6) is 5.75 Å². The molecule has 0 spiro atoms. The molecule has 1 aliphatic heterocycles. The third kappa shape index (κ3) is 4.51. The maximum Gasteiger partial charge on any atom is 0.257 e. The smallest absolute Gasteiger partial charge is 0.257 e. The molecule has 1 aliphatic rings. The van der Waals surface area contributed by atoms with Crippen molar-refractivity contribution in [3.63, 3.8) is 0 Å². The van der Waals surface area contributed by atoms with Gasteiger partial charge in [-0.3, -0.25) is 9.59 Å². The van der Waals surface area contributed by atoms with E-state index < -0.39 is 6.04 Å². The zero-order valence-electron chi connectivity index (χ0n) is 15.4. The van der Waals surface area contributed by atoms with E-state index in [-0.39, 0.29) is 17.7 Å². The number of nitrogens with two attached hydrogens (primary N) is 1. The van der Waals surface area contributed by atoms with Gasteiger partial charge >= 0.3 is 0 Å². The normalized spacial score (nSPS) is 17.1. The van der Waals surface area contributed by atoms with Gasteiger partial charge in [0.05, 0.1) is 18.2 Å². The van der Waals surface area contributed by atoms with Crippen LogP contribution in [0.1, 0.15) is 37.6 Å². The summed E-state index contributed by atoms with van der Waals surface area (Å²) in [4.78, 5) is 28.8. The first-order valence-corrected chi connectivity index (χ1v) is 9.05. The minimum Gasteiger partial charge on any atom is -0.493 e. The van der Waals surface area contributed by atoms with Crippen molar-refractivity contribution in [1.82, 2.24) is 9.80 Å². The molecule has 0 radical (unpaired) electrons. The molecule has 2 N–H and O–H groups in total. The predicted octanol–water partition coefficient (Wildman–Crippen LogP) is 1.74. The van der Waals surface area contributed by atoms with Crippen molar-refractivity contribution in [3.8, 4) is 5.75 Å². The van der Waals surface area contributed by atoms with E-state index in [4.69, 9.17) is 10.5 Å². The molecule has 2 atom stereocenters. The fourth-order valence-corrected chi connectivity index (χ4v) is 2.93. The summed E-state index contributed by atoms with van der Waals surface area (Å²) in [6.45, 7) is 8.50. The Morgan fingerprint density at radius 3 is 2.32 bits per heavy atom. The third-order valence-electron chi connectivity index (χ3n) is 4.84. The zero-order valence-corrected chi connectivity index (χ0v) is 15.4. The number of hydrogen-bond acceptors (Lipinski definition) is 4. The highest BCUT2D eigenvalue weighted by Gasteiger charge is 2.30. The maximum atomic E-state index is 12.8. The summed E-state index contributed by atoms with van der Waals surface area (Å²) in [6.07, 6.45) is 0.875. The van der Waals surface area contributed by atoms with Crippen LogP contribution in [-0.4, -0.2) is 60.4 Å². The van der Waals surface area contributed by atoms with Crippen LogP contribution in [0.25, 0.3) is 0 Å². The van der Waals surface area contributed by atoms with Crippen LogP contribution in [0.4, 0.5) is 0 Å². The first-order valence-electron chi connectivity index (χ1n) is 9.05. The van der Waals surface area contributed by atoms with Gasteiger partial charge in [0.25, 0.3) is 5.91 Å². The number of piperazine rings is 1. The molecular formula is C19H29N3O3. The van der Waals surface area contributed by atoms with Crippen molar-refractivity contribution in [2.24, 2.45) is 11.7 Å². The summed E-state index contributed by atoms with van der Waals surface area (Å²) in [7, 11) is 0. The Morgan fingerprint density at radius 1 is 1.12 bits per heavy atom. The topological polar surface area (TPSA) is 75.9 Å². The maximum absolute atomic E-state index is 12.8. The fraction of sp³-hybridized carbons (Fsp3) is 0.579. The highest BCUT2D eigenvalue weighted by Crippen LogP contribution is 2.21. The lowest BCUT2D eigenvalue weighted by atomic mass is 9.98. The van der Waals surface area contributed by atoms with Crippen LogP contribution in [0, 0.1) is 5.92 Å². The summed E-state index contributed by atoms with van der Waals surface area (Å²) >= 11 is 0. The molecule has 0 saturated carbocycles. The number of carbonyl (C=O) groups is 2. The average molecular weight is 347 g/mol. The second-order valence-corrected chi connectivity index (χ2v) is 6.46. The van der Waals surface area contributed by atoms with Gasteiger partial charge in [-0.2, -0.15) is 0 Å². The van der Waals surface area contributed by atoms with E-state index in [1.54, 1.807) is 15.9 Å². The fourth-order valence-electron chi connectivity index (χ4n) is 2.93. The molecule has 25 heavy (non-hydrogen) atoms. The molecule has 1 aromatic rings. The summed E-state index contributed by atoms with van der Waals surface area (Å²) in [5.41, 5.74) is 6.62. The van der Waals surface area contributed by atoms with E-state index in [0.717, 1.165) is 6.42 Å². The highest BCUT2D eigenvalue weighted by atomic mass is 16.5. The Balaban J connectivity index is 1.98. The third-order valence-corrected chi connectivity index (χ3v) is 4.84. The number of carbonyl (C=O) groups excluding carboxylic acids is 2. The molecule has 2 unspecified atom stereocenters. The van der Waals surface area contributed by atoms with E-state index in [2.05, 4.69) is 0 Å². The Kier molecular flexibility index (Phi) is 6.82. The minimum atomic E-state index is -0.467. The second kappa shape index (κ2) is 8.85. The Hall–Kier alpha value is -2.08. The summed E-state index contributed by atoms with van der Waals surface area (Å²) in [5.74, 6) is 0.691. The van der Waals surface area contributed by atoms with E-state index >= 15 is 0 Å². The quantitative estimate of drug-likeness (QED) is 0.850. The van der Waals surface area contributed by atoms with Gasteiger partial charge in [-0.05, 0) is 25.0 Å². The molecule has 0 aromatic heterocycles. The van der Waals surface area contributed by atoms with Crippen LogP contribution in [0.2, 0.25) is 0 Å². The van der Waals surface area contributed by atoms with Crippen molar-refractivity contribution >= 4 is 11.8 Å². The lowest BCUT2D eigenvalue weighted by Crippen LogP contribution is -2.55. The first-order chi connectivity index (χ1) is 12.0. The van der Waals surface area contributed by atoms with E-state index in [1.165, 1.54) is 0 Å². The highest BCUT2D eigenvalue weighted by molar-refractivity contribution is 5.97. The SMILES string of the molecule is CCOc1ccccc1C(=O)N1CCN(C(=O)C(N)C(C)CC)CC1. The van der Waals surface area contributed by atoms with Gasteiger partial charge in [-0.25, -0.2) is 0 Å². The van der Waals surface area contributed by atoms with Crippen molar-refractivity contribution < 1.29 is 14.3 Å². The first kappa shape index (κ1) is 19.2. The number of nitrogens with zero attached hydrogens (tertiary/aromatic N) is 2. The van der Waals surface area contributed by atoms with E-state index in [0.29, 0.717) is 44.1 Å². The second-order valence-electron chi connectivity index (χ2n) is 6.46. The Labute approximate surface area is 149 Å². The molecule has 1 heterocycles. The minimum absolute atomic E-state index is 0.0174. The number of hydrogen-bond donors (Lipinski definition) is 1. The van der Waals surface area contributed by atoms with Gasteiger partial charge in [0, 0.05) is 26.2 Å². The van der Waals surface area contributed by atoms with Gasteiger partial charge in [0.15, 0.2) is 0 Å². The lowest BCUT2D eigenvalue weighted by Gasteiger charge is -2.36. The molecule has 0 bridgehead atoms. The number of benzene rings is 1. The Bertz CT molecular complexity index is 597. The standard InChI is InChI=1S/C19H29N3O3/c1-4-14(3)17(20)19(24)22-12-10-21(11-13-22)18(23)15-8-6-7-9-16(15)25-5-2/h6-9,14,17H,4-5,10-13,20H2,1-3H3. The lowest BCUT2D eigenvalue weighted by molar-refractivity contribution is -0.135. The largest absolute Gasteiger partial charge is 0.493 e. The predicted molar refractivity (Wildman–Crippen MR) is 97.5 cm³/mol. The molecule has 1 saturated heterocycles. The zero-order chi connectivity index (χ0) is 18.4. The van der Waals surface area contributed by atoms with Crippen molar-refractivity contribution in [2.45, 2.75) is 33.2 Å². The molecular weight excluding hydrogens is 318 g/mol. The van der Waals surface area contributed by atoms with Gasteiger partial charge < -0.3 is 20.3 Å². The van der Waals surface area contributed by atoms with E-state index in [9.17, 15) is 9.59 Å². The molecule has 6 heteroatoms. The molecule has 0 aliphatic carbocycles. The molecule has 1 fully saturated rings. The van der Waals surface area contributed by atoms with Crippen molar-refractivity contribution in [3.05, 3.63) is 29.8 Å². The van der Waals surface area contributed by atoms with Crippen LogP contribution in [0.15, 0.2) is 24.3 Å². The van der Waals surface area contributed by atoms with Gasteiger partial charge in [-0.1, -0.05) is 32.4 Å². The van der Waals surface area contributed by atoms with Crippen LogP contribution < -0.4 is 10.5 Å². The van der Waals surface area contributed by atoms with Crippen LogP contribution in [-0.2, 0) is 4.79 Å². The number of ether oxygens (including phenoxy) is 1. The van der Waals surface area contributed by atoms with E-state index in [1.807, 2.05) is 39.0 Å². The van der Waals surface area contributed by atoms with Crippen LogP contribution >= 0.6 is 0 Å². The summed E-state index contributed by atoms with van der Waals surface area (Å²) in [5, 5.41) is 0. The van der Waals surface area contributed by atoms with Crippen LogP contribution in [0.3, 0.4) is 0 Å². The number of para-hydroxylation sites is 1. The van der Waals surface area contributed by atoms with Crippen molar-refractivity contribution in [2.75, 3.05) is 32.8 Å². The monoisotopic (exact) mass is 347 g/mol. The summed E-state index contributed by atoms with van der Waals surface area (Å²) in [6, 6.07) is 6.81. The number of rotatable bonds is 6. The molecule has 6 nitrogen and oxygen atoms in total. The molecule has 2 amide bonds. The average Bonchev–Trinajstić information content (AvgIpc) is 2.66. The molecule has 1 aromatic carbocycles. The Morgan fingerprint density at radius 2 is 1.72 bits per heavy atom. The molecule has 2 rings (SSSR count). The van der Waals surface area contributed by atoms with Gasteiger partial charge in [0.1, 0.15) is 5.75 Å².